The van der Waals surface area contributed by atoms with E-state index in [0.29, 0.717) is 10.6 Å². The number of rotatable bonds is 2. The maximum atomic E-state index is 13.1. The van der Waals surface area contributed by atoms with Gasteiger partial charge in [-0.25, -0.2) is 4.39 Å². The van der Waals surface area contributed by atoms with Crippen molar-refractivity contribution in [3.8, 4) is 0 Å². The molecule has 0 radical (unpaired) electrons. The average Bonchev–Trinajstić information content (AvgIpc) is 2.32. The highest BCUT2D eigenvalue weighted by Gasteiger charge is 2.17. The molecule has 1 atom stereocenters. The predicted molar refractivity (Wildman–Crippen MR) is 64.7 cm³/mol. The third kappa shape index (κ3) is 2.57. The van der Waals surface area contributed by atoms with Gasteiger partial charge in [-0.05, 0) is 24.3 Å². The summed E-state index contributed by atoms with van der Waals surface area (Å²) in [5.41, 5.74) is 0.717. The molecule has 0 amide bonds. The van der Waals surface area contributed by atoms with Crippen LogP contribution >= 0.6 is 23.2 Å². The Morgan fingerprint density at radius 2 is 1.88 bits per heavy atom. The summed E-state index contributed by atoms with van der Waals surface area (Å²) in [4.78, 5) is 3.81. The topological polar surface area (TPSA) is 33.1 Å². The van der Waals surface area contributed by atoms with E-state index in [1.54, 1.807) is 6.07 Å². The second-order valence-corrected chi connectivity index (χ2v) is 4.28. The third-order valence-electron chi connectivity index (χ3n) is 2.35. The van der Waals surface area contributed by atoms with Crippen molar-refractivity contribution in [2.75, 3.05) is 0 Å². The lowest BCUT2D eigenvalue weighted by Crippen LogP contribution is -2.02. The van der Waals surface area contributed by atoms with E-state index >= 15 is 0 Å². The van der Waals surface area contributed by atoms with E-state index in [1.165, 1.54) is 30.6 Å². The monoisotopic (exact) mass is 271 g/mol. The number of aliphatic hydroxyl groups excluding tert-OH is 1. The standard InChI is InChI=1S/C12H8Cl2FNO/c13-10-2-1-7(15)5-9(10)12(17)8-3-4-16-6-11(8)14/h1-6,12,17H. The van der Waals surface area contributed by atoms with Crippen LogP contribution < -0.4 is 0 Å². The van der Waals surface area contributed by atoms with E-state index in [1.807, 2.05) is 0 Å². The van der Waals surface area contributed by atoms with Crippen LogP contribution in [0.3, 0.4) is 0 Å². The fourth-order valence-electron chi connectivity index (χ4n) is 1.50. The maximum absolute atomic E-state index is 13.1. The third-order valence-corrected chi connectivity index (χ3v) is 3.01. The lowest BCUT2D eigenvalue weighted by atomic mass is 10.0. The van der Waals surface area contributed by atoms with Gasteiger partial charge in [-0.15, -0.1) is 0 Å². The van der Waals surface area contributed by atoms with Gasteiger partial charge in [0.25, 0.3) is 0 Å². The van der Waals surface area contributed by atoms with E-state index in [4.69, 9.17) is 23.2 Å². The van der Waals surface area contributed by atoms with Crippen LogP contribution in [0.15, 0.2) is 36.7 Å². The highest BCUT2D eigenvalue weighted by molar-refractivity contribution is 6.32. The molecule has 88 valence electrons. The minimum absolute atomic E-state index is 0.278. The van der Waals surface area contributed by atoms with Gasteiger partial charge in [0, 0.05) is 28.5 Å². The van der Waals surface area contributed by atoms with Gasteiger partial charge in [0.2, 0.25) is 0 Å². The molecule has 1 aromatic carbocycles. The number of benzene rings is 1. The van der Waals surface area contributed by atoms with Crippen molar-refractivity contribution in [1.82, 2.24) is 4.98 Å². The molecular weight excluding hydrogens is 264 g/mol. The molecule has 1 aromatic heterocycles. The summed E-state index contributed by atoms with van der Waals surface area (Å²) in [6.07, 6.45) is 1.83. The number of hydrogen-bond acceptors (Lipinski definition) is 2. The lowest BCUT2D eigenvalue weighted by molar-refractivity contribution is 0.220. The number of aliphatic hydroxyl groups is 1. The Morgan fingerprint density at radius 1 is 1.12 bits per heavy atom. The van der Waals surface area contributed by atoms with Gasteiger partial charge in [0.15, 0.2) is 0 Å². The Hall–Kier alpha value is -1.16. The summed E-state index contributed by atoms with van der Waals surface area (Å²) in [6.45, 7) is 0. The Kier molecular flexibility index (Phi) is 3.62. The Bertz CT molecular complexity index is 548. The molecule has 0 bridgehead atoms. The zero-order valence-electron chi connectivity index (χ0n) is 8.57. The summed E-state index contributed by atoms with van der Waals surface area (Å²) in [5.74, 6) is -0.464. The second-order valence-electron chi connectivity index (χ2n) is 3.47. The minimum Gasteiger partial charge on any atom is -0.384 e. The molecule has 2 nitrogen and oxygen atoms in total. The Labute approximate surface area is 108 Å². The molecule has 0 saturated carbocycles. The highest BCUT2D eigenvalue weighted by atomic mass is 35.5. The van der Waals surface area contributed by atoms with Crippen molar-refractivity contribution in [2.24, 2.45) is 0 Å². The van der Waals surface area contributed by atoms with Gasteiger partial charge >= 0.3 is 0 Å². The van der Waals surface area contributed by atoms with Crippen molar-refractivity contribution in [3.05, 3.63) is 63.6 Å². The summed E-state index contributed by atoms with van der Waals surface area (Å²) in [6, 6.07) is 5.37. The van der Waals surface area contributed by atoms with Gasteiger partial charge in [0.1, 0.15) is 11.9 Å². The molecule has 17 heavy (non-hydrogen) atoms. The molecule has 2 aromatic rings. The zero-order valence-corrected chi connectivity index (χ0v) is 10.1. The van der Waals surface area contributed by atoms with Crippen molar-refractivity contribution in [1.29, 1.82) is 0 Å². The smallest absolute Gasteiger partial charge is 0.123 e. The van der Waals surface area contributed by atoms with Gasteiger partial charge in [-0.3, -0.25) is 4.98 Å². The summed E-state index contributed by atoms with van der Waals surface area (Å²) in [7, 11) is 0. The Balaban J connectivity index is 2.47. The van der Waals surface area contributed by atoms with E-state index in [2.05, 4.69) is 4.98 Å². The first-order chi connectivity index (χ1) is 8.09. The van der Waals surface area contributed by atoms with Crippen LogP contribution in [0.25, 0.3) is 0 Å². The van der Waals surface area contributed by atoms with Crippen LogP contribution in [0, 0.1) is 5.82 Å². The first-order valence-corrected chi connectivity index (χ1v) is 5.57. The molecule has 0 aliphatic rings. The number of nitrogens with zero attached hydrogens (tertiary/aromatic N) is 1. The highest BCUT2D eigenvalue weighted by Crippen LogP contribution is 2.31. The molecule has 0 saturated heterocycles. The fourth-order valence-corrected chi connectivity index (χ4v) is 1.94. The van der Waals surface area contributed by atoms with Crippen molar-refractivity contribution < 1.29 is 9.50 Å². The quantitative estimate of drug-likeness (QED) is 0.905. The first kappa shape index (κ1) is 12.3. The molecule has 0 aliphatic heterocycles. The van der Waals surface area contributed by atoms with E-state index < -0.39 is 11.9 Å². The Morgan fingerprint density at radius 3 is 2.59 bits per heavy atom. The predicted octanol–water partition coefficient (Wildman–Crippen LogP) is 3.61. The molecule has 0 spiro atoms. The van der Waals surface area contributed by atoms with Gasteiger partial charge in [-0.1, -0.05) is 23.2 Å². The SMILES string of the molecule is OC(c1ccncc1Cl)c1cc(F)ccc1Cl. The molecular formula is C12H8Cl2FNO. The van der Waals surface area contributed by atoms with Gasteiger partial charge in [-0.2, -0.15) is 0 Å². The van der Waals surface area contributed by atoms with Crippen LogP contribution in [0.5, 0.6) is 0 Å². The number of hydrogen-bond donors (Lipinski definition) is 1. The number of pyridine rings is 1. The fraction of sp³-hybridized carbons (Fsp3) is 0.0833. The van der Waals surface area contributed by atoms with Crippen molar-refractivity contribution in [2.45, 2.75) is 6.10 Å². The van der Waals surface area contributed by atoms with Gasteiger partial charge < -0.3 is 5.11 Å². The summed E-state index contributed by atoms with van der Waals surface area (Å²) >= 11 is 11.8. The van der Waals surface area contributed by atoms with Crippen LogP contribution in [-0.4, -0.2) is 10.1 Å². The summed E-state index contributed by atoms with van der Waals surface area (Å²) in [5, 5.41) is 10.7. The average molecular weight is 272 g/mol. The van der Waals surface area contributed by atoms with Gasteiger partial charge in [0.05, 0.1) is 5.02 Å². The van der Waals surface area contributed by atoms with Crippen molar-refractivity contribution >= 4 is 23.2 Å². The zero-order chi connectivity index (χ0) is 12.4. The molecule has 0 aliphatic carbocycles. The normalized spacial score (nSPS) is 12.5. The molecule has 0 fully saturated rings. The van der Waals surface area contributed by atoms with Crippen LogP contribution in [0.4, 0.5) is 4.39 Å². The molecule has 1 N–H and O–H groups in total. The van der Waals surface area contributed by atoms with E-state index in [-0.39, 0.29) is 10.6 Å². The second kappa shape index (κ2) is 5.00. The number of aromatic nitrogens is 1. The molecule has 1 heterocycles. The van der Waals surface area contributed by atoms with Crippen LogP contribution in [-0.2, 0) is 0 Å². The van der Waals surface area contributed by atoms with Crippen LogP contribution in [0.1, 0.15) is 17.2 Å². The number of halogens is 3. The minimum atomic E-state index is -1.08. The van der Waals surface area contributed by atoms with Crippen LogP contribution in [0.2, 0.25) is 10.0 Å². The summed E-state index contributed by atoms with van der Waals surface area (Å²) < 4.78 is 13.1. The maximum Gasteiger partial charge on any atom is 0.123 e. The largest absolute Gasteiger partial charge is 0.384 e. The molecule has 5 heteroatoms. The van der Waals surface area contributed by atoms with E-state index in [0.717, 1.165) is 0 Å². The molecule has 2 rings (SSSR count). The van der Waals surface area contributed by atoms with E-state index in [9.17, 15) is 9.50 Å². The lowest BCUT2D eigenvalue weighted by Gasteiger charge is -2.14. The molecule has 1 unspecified atom stereocenters. The van der Waals surface area contributed by atoms with Crippen molar-refractivity contribution in [3.63, 3.8) is 0 Å². The first-order valence-electron chi connectivity index (χ1n) is 4.82.